The van der Waals surface area contributed by atoms with Gasteiger partial charge in [0.05, 0.1) is 12.0 Å². The molecular formula is C11H13FINO3. The lowest BCUT2D eigenvalue weighted by atomic mass is 10.1. The van der Waals surface area contributed by atoms with Crippen molar-refractivity contribution in [1.29, 1.82) is 0 Å². The van der Waals surface area contributed by atoms with Gasteiger partial charge < -0.3 is 4.74 Å². The summed E-state index contributed by atoms with van der Waals surface area (Å²) in [4.78, 5) is 12.0. The fourth-order valence-electron chi connectivity index (χ4n) is 1.30. The highest BCUT2D eigenvalue weighted by Crippen LogP contribution is 2.32. The SMILES string of the molecule is C=CCc1c(F)ccc([N+](=O)[O-])c1OC.CI. The number of hydrogen-bond donors (Lipinski definition) is 0. The molecule has 0 aliphatic carbocycles. The zero-order valence-electron chi connectivity index (χ0n) is 9.57. The number of methoxy groups -OCH3 is 1. The first-order valence-electron chi connectivity index (χ1n) is 4.60. The summed E-state index contributed by atoms with van der Waals surface area (Å²) in [5.74, 6) is -0.572. The molecule has 17 heavy (non-hydrogen) atoms. The molecule has 0 unspecified atom stereocenters. The highest BCUT2D eigenvalue weighted by atomic mass is 127. The summed E-state index contributed by atoms with van der Waals surface area (Å²) in [6.07, 6.45) is 1.65. The molecule has 0 spiro atoms. The Morgan fingerprint density at radius 3 is 2.59 bits per heavy atom. The van der Waals surface area contributed by atoms with Crippen molar-refractivity contribution in [2.45, 2.75) is 6.42 Å². The second kappa shape index (κ2) is 7.99. The van der Waals surface area contributed by atoms with Crippen LogP contribution < -0.4 is 4.74 Å². The molecule has 94 valence electrons. The van der Waals surface area contributed by atoms with Crippen molar-refractivity contribution in [2.75, 3.05) is 12.0 Å². The Kier molecular flexibility index (Phi) is 7.44. The third-order valence-electron chi connectivity index (χ3n) is 1.93. The predicted molar refractivity (Wildman–Crippen MR) is 73.5 cm³/mol. The van der Waals surface area contributed by atoms with E-state index in [1.165, 1.54) is 13.2 Å². The molecule has 0 radical (unpaired) electrons. The number of nitro groups is 1. The summed E-state index contributed by atoms with van der Waals surface area (Å²) >= 11 is 2.15. The summed E-state index contributed by atoms with van der Waals surface area (Å²) in [7, 11) is 1.27. The van der Waals surface area contributed by atoms with Crippen LogP contribution in [-0.4, -0.2) is 17.0 Å². The number of nitro benzene ring substituents is 1. The van der Waals surface area contributed by atoms with Crippen LogP contribution in [0.1, 0.15) is 5.56 Å². The summed E-state index contributed by atoms with van der Waals surface area (Å²) in [6, 6.07) is 2.14. The number of ether oxygens (including phenoxy) is 1. The Bertz CT molecular complexity index is 410. The minimum Gasteiger partial charge on any atom is -0.490 e. The van der Waals surface area contributed by atoms with Crippen LogP contribution in [0.2, 0.25) is 0 Å². The Hall–Kier alpha value is -1.18. The van der Waals surface area contributed by atoms with Gasteiger partial charge in [-0.2, -0.15) is 0 Å². The van der Waals surface area contributed by atoms with E-state index in [1.54, 1.807) is 0 Å². The Labute approximate surface area is 113 Å². The third-order valence-corrected chi connectivity index (χ3v) is 1.93. The van der Waals surface area contributed by atoms with E-state index < -0.39 is 10.7 Å². The summed E-state index contributed by atoms with van der Waals surface area (Å²) in [5, 5.41) is 10.6. The molecule has 0 atom stereocenters. The Morgan fingerprint density at radius 2 is 2.18 bits per heavy atom. The maximum Gasteiger partial charge on any atom is 0.311 e. The lowest BCUT2D eigenvalue weighted by Gasteiger charge is -2.07. The quantitative estimate of drug-likeness (QED) is 0.274. The van der Waals surface area contributed by atoms with E-state index in [0.29, 0.717) is 0 Å². The molecule has 0 amide bonds. The van der Waals surface area contributed by atoms with Crippen LogP contribution in [0.5, 0.6) is 5.75 Å². The van der Waals surface area contributed by atoms with Gasteiger partial charge >= 0.3 is 5.69 Å². The zero-order valence-corrected chi connectivity index (χ0v) is 11.7. The maximum absolute atomic E-state index is 13.3. The van der Waals surface area contributed by atoms with Gasteiger partial charge in [0.2, 0.25) is 5.75 Å². The van der Waals surface area contributed by atoms with Crippen LogP contribution in [0.4, 0.5) is 10.1 Å². The molecule has 0 saturated carbocycles. The van der Waals surface area contributed by atoms with E-state index in [0.717, 1.165) is 12.1 Å². The van der Waals surface area contributed by atoms with Gasteiger partial charge in [0, 0.05) is 11.6 Å². The summed E-state index contributed by atoms with van der Waals surface area (Å²) in [6.45, 7) is 3.45. The van der Waals surface area contributed by atoms with Crippen LogP contribution >= 0.6 is 22.6 Å². The normalized spacial score (nSPS) is 8.94. The van der Waals surface area contributed by atoms with Gasteiger partial charge in [-0.1, -0.05) is 28.7 Å². The molecule has 1 aromatic rings. The van der Waals surface area contributed by atoms with Crippen molar-refractivity contribution < 1.29 is 14.1 Å². The van der Waals surface area contributed by atoms with Crippen molar-refractivity contribution in [3.63, 3.8) is 0 Å². The number of alkyl halides is 1. The number of halogens is 2. The molecule has 1 rings (SSSR count). The molecule has 0 saturated heterocycles. The van der Waals surface area contributed by atoms with E-state index in [-0.39, 0.29) is 23.4 Å². The van der Waals surface area contributed by atoms with Crippen LogP contribution in [-0.2, 0) is 6.42 Å². The van der Waals surface area contributed by atoms with E-state index in [9.17, 15) is 14.5 Å². The number of nitrogens with zero attached hydrogens (tertiary/aromatic N) is 1. The van der Waals surface area contributed by atoms with Gasteiger partial charge in [-0.05, 0) is 17.4 Å². The number of allylic oxidation sites excluding steroid dienone is 1. The summed E-state index contributed by atoms with van der Waals surface area (Å²) in [5.41, 5.74) is -0.0857. The molecule has 0 bridgehead atoms. The van der Waals surface area contributed by atoms with E-state index in [4.69, 9.17) is 4.74 Å². The molecule has 0 aliphatic heterocycles. The molecule has 1 aromatic carbocycles. The monoisotopic (exact) mass is 353 g/mol. The van der Waals surface area contributed by atoms with Crippen molar-refractivity contribution >= 4 is 28.3 Å². The fourth-order valence-corrected chi connectivity index (χ4v) is 1.30. The highest BCUT2D eigenvalue weighted by Gasteiger charge is 2.20. The molecule has 6 heteroatoms. The van der Waals surface area contributed by atoms with Crippen LogP contribution in [0.25, 0.3) is 0 Å². The second-order valence-corrected chi connectivity index (χ2v) is 2.83. The standard InChI is InChI=1S/C10H10FNO3.CH3I/c1-3-4-7-8(11)5-6-9(12(13)14)10(7)15-2;1-2/h3,5-6H,1,4H2,2H3;1H3. The van der Waals surface area contributed by atoms with Gasteiger partial charge in [0.15, 0.2) is 0 Å². The van der Waals surface area contributed by atoms with Crippen molar-refractivity contribution in [3.8, 4) is 5.75 Å². The fraction of sp³-hybridized carbons (Fsp3) is 0.273. The zero-order chi connectivity index (χ0) is 13.4. The van der Waals surface area contributed by atoms with Crippen LogP contribution in [0.15, 0.2) is 24.8 Å². The van der Waals surface area contributed by atoms with Crippen LogP contribution in [0, 0.1) is 15.9 Å². The Balaban J connectivity index is 0.00000121. The smallest absolute Gasteiger partial charge is 0.311 e. The van der Waals surface area contributed by atoms with Gasteiger partial charge in [-0.15, -0.1) is 6.58 Å². The molecular weight excluding hydrogens is 340 g/mol. The summed E-state index contributed by atoms with van der Waals surface area (Å²) < 4.78 is 18.2. The molecule has 0 aromatic heterocycles. The van der Waals surface area contributed by atoms with Crippen molar-refractivity contribution in [1.82, 2.24) is 0 Å². The van der Waals surface area contributed by atoms with E-state index in [2.05, 4.69) is 29.2 Å². The van der Waals surface area contributed by atoms with Crippen molar-refractivity contribution in [2.24, 2.45) is 0 Å². The number of benzene rings is 1. The second-order valence-electron chi connectivity index (χ2n) is 2.83. The first kappa shape index (κ1) is 15.8. The van der Waals surface area contributed by atoms with E-state index in [1.807, 2.05) is 4.93 Å². The molecule has 0 N–H and O–H groups in total. The third kappa shape index (κ3) is 3.95. The topological polar surface area (TPSA) is 52.4 Å². The lowest BCUT2D eigenvalue weighted by Crippen LogP contribution is -2.00. The Morgan fingerprint density at radius 1 is 1.59 bits per heavy atom. The van der Waals surface area contributed by atoms with Gasteiger partial charge in [-0.3, -0.25) is 10.1 Å². The highest BCUT2D eigenvalue weighted by molar-refractivity contribution is 14.1. The average Bonchev–Trinajstić information content (AvgIpc) is 2.33. The molecule has 0 fully saturated rings. The van der Waals surface area contributed by atoms with Gasteiger partial charge in [0.25, 0.3) is 0 Å². The first-order chi connectivity index (χ1) is 8.11. The minimum absolute atomic E-state index is 0.0418. The number of rotatable bonds is 4. The maximum atomic E-state index is 13.3. The molecule has 4 nitrogen and oxygen atoms in total. The van der Waals surface area contributed by atoms with Crippen molar-refractivity contribution in [3.05, 3.63) is 46.3 Å². The van der Waals surface area contributed by atoms with E-state index >= 15 is 0 Å². The average molecular weight is 353 g/mol. The first-order valence-corrected chi connectivity index (χ1v) is 6.76. The predicted octanol–water partition coefficient (Wildman–Crippen LogP) is 3.52. The number of hydrogen-bond acceptors (Lipinski definition) is 3. The van der Waals surface area contributed by atoms with Gasteiger partial charge in [-0.25, -0.2) is 4.39 Å². The van der Waals surface area contributed by atoms with Crippen LogP contribution in [0.3, 0.4) is 0 Å². The lowest BCUT2D eigenvalue weighted by molar-refractivity contribution is -0.385. The van der Waals surface area contributed by atoms with Gasteiger partial charge in [0.1, 0.15) is 5.82 Å². The molecule has 0 aliphatic rings. The largest absolute Gasteiger partial charge is 0.490 e. The molecule has 0 heterocycles. The minimum atomic E-state index is -0.606.